The van der Waals surface area contributed by atoms with Crippen LogP contribution in [-0.4, -0.2) is 19.5 Å². The molecule has 0 unspecified atom stereocenters. The molecule has 0 saturated heterocycles. The highest BCUT2D eigenvalue weighted by atomic mass is 16.3. The van der Waals surface area contributed by atoms with Crippen LogP contribution in [0, 0.1) is 0 Å². The number of nitrogens with zero attached hydrogens (tertiary/aromatic N) is 4. The second-order valence-electron chi connectivity index (χ2n) is 16.0. The van der Waals surface area contributed by atoms with E-state index in [4.69, 9.17) is 19.4 Å². The third-order valence-electron chi connectivity index (χ3n) is 12.3. The molecule has 0 aliphatic heterocycles. The first-order chi connectivity index (χ1) is 29.0. The quantitative estimate of drug-likeness (QED) is 0.175. The van der Waals surface area contributed by atoms with Crippen LogP contribution in [0.15, 0.2) is 186 Å². The number of furan rings is 1. The summed E-state index contributed by atoms with van der Waals surface area (Å²) in [6, 6.07) is 64.1. The fourth-order valence-corrected chi connectivity index (χ4v) is 9.46. The van der Waals surface area contributed by atoms with Gasteiger partial charge in [-0.15, -0.1) is 0 Å². The van der Waals surface area contributed by atoms with E-state index in [9.17, 15) is 0 Å². The zero-order valence-electron chi connectivity index (χ0n) is 32.5. The van der Waals surface area contributed by atoms with Gasteiger partial charge in [-0.2, -0.15) is 0 Å². The Morgan fingerprint density at radius 3 is 1.92 bits per heavy atom. The Labute approximate surface area is 340 Å². The summed E-state index contributed by atoms with van der Waals surface area (Å²) in [6.45, 7) is 4.61. The standard InChI is InChI=1S/C54H36N4O/c1-54(2)44-24-11-9-19-38(44)39-29-27-35(31-45(39)54)52-55-51(34-17-7-4-8-18-34)56-53(57-52)43-23-13-22-41-40-20-10-12-25-46(40)58(50(41)43)36-28-30-42-48(32-36)59-47-26-14-21-37(49(42)47)33-15-5-3-6-16-33/h3-32H,1-2H3. The number of para-hydroxylation sites is 2. The maximum atomic E-state index is 6.64. The molecule has 0 amide bonds. The van der Waals surface area contributed by atoms with Crippen LogP contribution in [0.2, 0.25) is 0 Å². The predicted octanol–water partition coefficient (Wildman–Crippen LogP) is 13.8. The fraction of sp³-hybridized carbons (Fsp3) is 0.0556. The van der Waals surface area contributed by atoms with Gasteiger partial charge < -0.3 is 8.98 Å². The van der Waals surface area contributed by atoms with Gasteiger partial charge in [-0.05, 0) is 69.8 Å². The first-order valence-electron chi connectivity index (χ1n) is 20.1. The second-order valence-corrected chi connectivity index (χ2v) is 16.0. The van der Waals surface area contributed by atoms with E-state index in [1.54, 1.807) is 0 Å². The molecule has 11 aromatic rings. The Morgan fingerprint density at radius 1 is 0.424 bits per heavy atom. The van der Waals surface area contributed by atoms with Gasteiger partial charge in [0.2, 0.25) is 0 Å². The van der Waals surface area contributed by atoms with Crippen LogP contribution < -0.4 is 0 Å². The molecule has 12 rings (SSSR count). The third kappa shape index (κ3) is 5.08. The Hall–Kier alpha value is -7.63. The first kappa shape index (κ1) is 33.5. The van der Waals surface area contributed by atoms with Gasteiger partial charge in [0, 0.05) is 55.4 Å². The number of hydrogen-bond acceptors (Lipinski definition) is 4. The molecular formula is C54H36N4O. The van der Waals surface area contributed by atoms with Gasteiger partial charge in [-0.3, -0.25) is 0 Å². The average molecular weight is 757 g/mol. The van der Waals surface area contributed by atoms with Crippen molar-refractivity contribution < 1.29 is 4.42 Å². The molecule has 1 aliphatic rings. The van der Waals surface area contributed by atoms with Gasteiger partial charge in [0.25, 0.3) is 0 Å². The summed E-state index contributed by atoms with van der Waals surface area (Å²) in [7, 11) is 0. The van der Waals surface area contributed by atoms with E-state index >= 15 is 0 Å². The summed E-state index contributed by atoms with van der Waals surface area (Å²) in [5.74, 6) is 1.89. The summed E-state index contributed by atoms with van der Waals surface area (Å²) in [5.41, 5.74) is 15.0. The van der Waals surface area contributed by atoms with Crippen LogP contribution >= 0.6 is 0 Å². The van der Waals surface area contributed by atoms with E-state index in [1.165, 1.54) is 22.3 Å². The van der Waals surface area contributed by atoms with Crippen molar-refractivity contribution in [1.82, 2.24) is 19.5 Å². The molecule has 0 fully saturated rings. The minimum atomic E-state index is -0.156. The van der Waals surface area contributed by atoms with E-state index in [2.05, 4.69) is 182 Å². The summed E-state index contributed by atoms with van der Waals surface area (Å²) in [6.07, 6.45) is 0. The second kappa shape index (κ2) is 12.7. The van der Waals surface area contributed by atoms with Crippen LogP contribution in [0.3, 0.4) is 0 Å². The largest absolute Gasteiger partial charge is 0.456 e. The summed E-state index contributed by atoms with van der Waals surface area (Å²) < 4.78 is 8.98. The lowest BCUT2D eigenvalue weighted by Gasteiger charge is -2.21. The molecule has 0 radical (unpaired) electrons. The van der Waals surface area contributed by atoms with Crippen molar-refractivity contribution in [2.24, 2.45) is 0 Å². The van der Waals surface area contributed by atoms with E-state index < -0.39 is 0 Å². The monoisotopic (exact) mass is 756 g/mol. The van der Waals surface area contributed by atoms with Crippen molar-refractivity contribution in [1.29, 1.82) is 0 Å². The van der Waals surface area contributed by atoms with Gasteiger partial charge >= 0.3 is 0 Å². The normalized spacial score (nSPS) is 13.1. The van der Waals surface area contributed by atoms with Crippen LogP contribution in [0.25, 0.3) is 106 Å². The number of rotatable bonds is 5. The average Bonchev–Trinajstić information content (AvgIpc) is 3.92. The molecule has 278 valence electrons. The number of aromatic nitrogens is 4. The van der Waals surface area contributed by atoms with E-state index in [0.29, 0.717) is 17.5 Å². The number of fused-ring (bicyclic) bond motifs is 9. The van der Waals surface area contributed by atoms with Crippen molar-refractivity contribution >= 4 is 43.7 Å². The van der Waals surface area contributed by atoms with Crippen molar-refractivity contribution in [3.05, 3.63) is 193 Å². The Balaban J connectivity index is 1.08. The molecule has 3 aromatic heterocycles. The zero-order chi connectivity index (χ0) is 39.2. The fourth-order valence-electron chi connectivity index (χ4n) is 9.46. The minimum absolute atomic E-state index is 0.156. The molecule has 8 aromatic carbocycles. The van der Waals surface area contributed by atoms with Crippen LogP contribution in [0.4, 0.5) is 0 Å². The molecule has 0 saturated carbocycles. The SMILES string of the molecule is CC1(C)c2ccccc2-c2ccc(-c3nc(-c4ccccc4)nc(-c4cccc5c6ccccc6n(-c6ccc7c(c6)oc6cccc(-c8ccccc8)c67)c45)n3)cc21. The zero-order valence-corrected chi connectivity index (χ0v) is 32.5. The topological polar surface area (TPSA) is 56.7 Å². The van der Waals surface area contributed by atoms with Crippen molar-refractivity contribution in [2.45, 2.75) is 19.3 Å². The molecule has 5 nitrogen and oxygen atoms in total. The van der Waals surface area contributed by atoms with E-state index in [-0.39, 0.29) is 5.41 Å². The van der Waals surface area contributed by atoms with E-state index in [0.717, 1.165) is 77.2 Å². The number of hydrogen-bond donors (Lipinski definition) is 0. The van der Waals surface area contributed by atoms with Crippen molar-refractivity contribution in [2.75, 3.05) is 0 Å². The van der Waals surface area contributed by atoms with Crippen LogP contribution in [-0.2, 0) is 5.41 Å². The molecule has 59 heavy (non-hydrogen) atoms. The Kier molecular flexibility index (Phi) is 7.20. The molecule has 1 aliphatic carbocycles. The summed E-state index contributed by atoms with van der Waals surface area (Å²) in [4.78, 5) is 15.8. The Bertz CT molecular complexity index is 3470. The third-order valence-corrected chi connectivity index (χ3v) is 12.3. The van der Waals surface area contributed by atoms with Gasteiger partial charge in [-0.1, -0.05) is 153 Å². The summed E-state index contributed by atoms with van der Waals surface area (Å²) >= 11 is 0. The molecule has 0 bridgehead atoms. The molecule has 3 heterocycles. The minimum Gasteiger partial charge on any atom is -0.456 e. The van der Waals surface area contributed by atoms with Crippen molar-refractivity contribution in [3.63, 3.8) is 0 Å². The first-order valence-corrected chi connectivity index (χ1v) is 20.1. The van der Waals surface area contributed by atoms with E-state index in [1.807, 2.05) is 18.2 Å². The lowest BCUT2D eigenvalue weighted by molar-refractivity contribution is 0.660. The molecular weight excluding hydrogens is 721 g/mol. The van der Waals surface area contributed by atoms with Gasteiger partial charge in [0.15, 0.2) is 17.5 Å². The molecule has 0 atom stereocenters. The van der Waals surface area contributed by atoms with Crippen LogP contribution in [0.5, 0.6) is 0 Å². The lowest BCUT2D eigenvalue weighted by Crippen LogP contribution is -2.15. The van der Waals surface area contributed by atoms with Gasteiger partial charge in [0.1, 0.15) is 11.2 Å². The van der Waals surface area contributed by atoms with Gasteiger partial charge in [-0.25, -0.2) is 15.0 Å². The maximum absolute atomic E-state index is 6.64. The molecule has 0 N–H and O–H groups in total. The highest BCUT2D eigenvalue weighted by Crippen LogP contribution is 2.49. The molecule has 0 spiro atoms. The Morgan fingerprint density at radius 2 is 1.07 bits per heavy atom. The highest BCUT2D eigenvalue weighted by molar-refractivity contribution is 6.15. The smallest absolute Gasteiger partial charge is 0.166 e. The van der Waals surface area contributed by atoms with Gasteiger partial charge in [0.05, 0.1) is 11.0 Å². The van der Waals surface area contributed by atoms with Crippen LogP contribution in [0.1, 0.15) is 25.0 Å². The summed E-state index contributed by atoms with van der Waals surface area (Å²) in [5, 5.41) is 4.47. The lowest BCUT2D eigenvalue weighted by atomic mass is 9.82. The highest BCUT2D eigenvalue weighted by Gasteiger charge is 2.35. The number of benzene rings is 8. The predicted molar refractivity (Wildman–Crippen MR) is 241 cm³/mol. The van der Waals surface area contributed by atoms with Crippen molar-refractivity contribution in [3.8, 4) is 62.1 Å². The molecule has 5 heteroatoms. The maximum Gasteiger partial charge on any atom is 0.166 e.